The third-order valence-electron chi connectivity index (χ3n) is 12.8. The number of nitrogens with zero attached hydrogens (tertiary/aromatic N) is 2. The van der Waals surface area contributed by atoms with Gasteiger partial charge < -0.3 is 0 Å². The Morgan fingerprint density at radius 3 is 1.72 bits per heavy atom. The van der Waals surface area contributed by atoms with Gasteiger partial charge in [0.05, 0.1) is 16.8 Å². The van der Waals surface area contributed by atoms with E-state index < -0.39 is 5.41 Å². The number of rotatable bonds is 6. The van der Waals surface area contributed by atoms with E-state index >= 15 is 0 Å². The number of aromatic nitrogens is 2. The van der Waals surface area contributed by atoms with Crippen molar-refractivity contribution in [2.45, 2.75) is 41.9 Å². The molecule has 3 aliphatic rings. The highest BCUT2D eigenvalue weighted by Crippen LogP contribution is 2.62. The first-order chi connectivity index (χ1) is 29.6. The van der Waals surface area contributed by atoms with E-state index in [1.165, 1.54) is 76.6 Å². The maximum atomic E-state index is 5.27. The Labute approximate surface area is 356 Å². The fourth-order valence-corrected chi connectivity index (χ4v) is 11.0. The van der Waals surface area contributed by atoms with Crippen molar-refractivity contribution in [3.8, 4) is 45.0 Å². The lowest BCUT2D eigenvalue weighted by atomic mass is 9.67. The van der Waals surface area contributed by atoms with Crippen molar-refractivity contribution in [3.63, 3.8) is 0 Å². The van der Waals surface area contributed by atoms with Crippen LogP contribution in [-0.2, 0) is 5.41 Å². The maximum absolute atomic E-state index is 5.27. The van der Waals surface area contributed by atoms with Gasteiger partial charge in [0.25, 0.3) is 0 Å². The Hall–Kier alpha value is -6.81. The van der Waals surface area contributed by atoms with Crippen molar-refractivity contribution in [1.82, 2.24) is 9.97 Å². The molecule has 1 aromatic heterocycles. The molecular formula is C57H42N2S. The predicted molar refractivity (Wildman–Crippen MR) is 250 cm³/mol. The molecule has 7 aromatic carbocycles. The monoisotopic (exact) mass is 786 g/mol. The van der Waals surface area contributed by atoms with Crippen molar-refractivity contribution in [2.75, 3.05) is 0 Å². The lowest BCUT2D eigenvalue weighted by molar-refractivity contribution is 0.722. The van der Waals surface area contributed by atoms with Crippen LogP contribution >= 0.6 is 11.8 Å². The Kier molecular flexibility index (Phi) is 8.94. The van der Waals surface area contributed by atoms with Gasteiger partial charge in [-0.3, -0.25) is 0 Å². The second-order valence-corrected chi connectivity index (χ2v) is 17.0. The summed E-state index contributed by atoms with van der Waals surface area (Å²) in [4.78, 5) is 13.0. The van der Waals surface area contributed by atoms with E-state index in [0.717, 1.165) is 46.7 Å². The highest BCUT2D eigenvalue weighted by molar-refractivity contribution is 7.99. The highest BCUT2D eigenvalue weighted by Gasteiger charge is 2.50. The summed E-state index contributed by atoms with van der Waals surface area (Å²) in [7, 11) is 0. The molecule has 0 saturated carbocycles. The van der Waals surface area contributed by atoms with Gasteiger partial charge in [-0.05, 0) is 99.2 Å². The number of hydrogen-bond acceptors (Lipinski definition) is 3. The van der Waals surface area contributed by atoms with Crippen LogP contribution in [0.15, 0.2) is 215 Å². The molecule has 0 fully saturated rings. The number of allylic oxidation sites excluding steroid dienone is 6. The van der Waals surface area contributed by atoms with Gasteiger partial charge in [-0.25, -0.2) is 9.97 Å². The Morgan fingerprint density at radius 2 is 1.03 bits per heavy atom. The topological polar surface area (TPSA) is 25.8 Å². The fourth-order valence-electron chi connectivity index (χ4n) is 9.77. The van der Waals surface area contributed by atoms with Crippen LogP contribution in [0.2, 0.25) is 0 Å². The number of benzene rings is 7. The van der Waals surface area contributed by atoms with Crippen molar-refractivity contribution in [1.29, 1.82) is 0 Å². The van der Waals surface area contributed by atoms with Crippen molar-refractivity contribution in [2.24, 2.45) is 0 Å². The molecule has 8 aromatic rings. The van der Waals surface area contributed by atoms with E-state index in [0.29, 0.717) is 0 Å². The zero-order valence-corrected chi connectivity index (χ0v) is 34.5. The maximum Gasteiger partial charge on any atom is 0.160 e. The zero-order valence-electron chi connectivity index (χ0n) is 33.7. The molecule has 0 radical (unpaired) electrons. The molecule has 2 nitrogen and oxygen atoms in total. The summed E-state index contributed by atoms with van der Waals surface area (Å²) in [6.45, 7) is 4.56. The van der Waals surface area contributed by atoms with Gasteiger partial charge in [0.1, 0.15) is 0 Å². The van der Waals surface area contributed by atoms with Gasteiger partial charge in [-0.1, -0.05) is 200 Å². The molecule has 0 N–H and O–H groups in total. The van der Waals surface area contributed by atoms with Gasteiger partial charge in [-0.2, -0.15) is 0 Å². The Morgan fingerprint density at radius 1 is 0.483 bits per heavy atom. The molecular weight excluding hydrogens is 745 g/mol. The summed E-state index contributed by atoms with van der Waals surface area (Å²) < 4.78 is 0. The first-order valence-electron chi connectivity index (χ1n) is 20.9. The SMILES string of the molecule is CCC1=C(C)C(c2ccc(-c3cc(-c4ccc5c(c4)Sc4ccccc4C54c5ccccc5-c5ccccc54)nc(-c4ccccc4)n3)cc2)=CC=C(c2ccccc2)C1. The average molecular weight is 787 g/mol. The largest absolute Gasteiger partial charge is 0.228 e. The van der Waals surface area contributed by atoms with Crippen LogP contribution in [-0.4, -0.2) is 9.97 Å². The summed E-state index contributed by atoms with van der Waals surface area (Å²) in [5.74, 6) is 0.717. The molecule has 0 unspecified atom stereocenters. The minimum Gasteiger partial charge on any atom is -0.228 e. The van der Waals surface area contributed by atoms with Gasteiger partial charge in [0, 0.05) is 26.5 Å². The van der Waals surface area contributed by atoms with E-state index in [-0.39, 0.29) is 0 Å². The molecule has 0 amide bonds. The van der Waals surface area contributed by atoms with Crippen LogP contribution in [0.4, 0.5) is 0 Å². The minimum absolute atomic E-state index is 0.409. The predicted octanol–water partition coefficient (Wildman–Crippen LogP) is 14.9. The molecule has 2 aliphatic carbocycles. The Balaban J connectivity index is 1.02. The standard InChI is InChI=1S/C57H42N2S/c1-3-38-34-43(39-16-6-4-7-17-39)30-32-45(37(38)2)40-26-28-41(29-27-40)52-36-53(59-56(58-52)42-18-8-5-9-19-42)44-31-33-51-55(35-44)60-54-25-15-14-24-50(54)57(51)48-22-12-10-20-46(48)47-21-11-13-23-49(47)57/h4-33,35-36H,3,34H2,1-2H3. The van der Waals surface area contributed by atoms with Crippen LogP contribution in [0.25, 0.3) is 56.2 Å². The lowest BCUT2D eigenvalue weighted by Crippen LogP contribution is -2.31. The number of fused-ring (bicyclic) bond motifs is 9. The van der Waals surface area contributed by atoms with Crippen molar-refractivity contribution in [3.05, 3.63) is 239 Å². The van der Waals surface area contributed by atoms with Crippen LogP contribution in [0.1, 0.15) is 60.1 Å². The van der Waals surface area contributed by atoms with Gasteiger partial charge >= 0.3 is 0 Å². The first-order valence-corrected chi connectivity index (χ1v) is 21.7. The molecule has 2 heterocycles. The summed E-state index contributed by atoms with van der Waals surface area (Å²) in [5.41, 5.74) is 20.5. The minimum atomic E-state index is -0.409. The summed E-state index contributed by atoms with van der Waals surface area (Å²) in [6, 6.07) is 66.2. The van der Waals surface area contributed by atoms with E-state index in [2.05, 4.69) is 202 Å². The zero-order chi connectivity index (χ0) is 40.2. The highest BCUT2D eigenvalue weighted by atomic mass is 32.2. The summed E-state index contributed by atoms with van der Waals surface area (Å²) in [6.07, 6.45) is 6.61. The van der Waals surface area contributed by atoms with Crippen LogP contribution in [0.3, 0.4) is 0 Å². The quantitative estimate of drug-likeness (QED) is 0.168. The molecule has 11 rings (SSSR count). The lowest BCUT2D eigenvalue weighted by Gasteiger charge is -2.39. The van der Waals surface area contributed by atoms with Gasteiger partial charge in [-0.15, -0.1) is 0 Å². The van der Waals surface area contributed by atoms with E-state index in [9.17, 15) is 0 Å². The molecule has 0 bridgehead atoms. The molecule has 0 saturated heterocycles. The molecule has 60 heavy (non-hydrogen) atoms. The van der Waals surface area contributed by atoms with Gasteiger partial charge in [0.2, 0.25) is 0 Å². The smallest absolute Gasteiger partial charge is 0.160 e. The number of hydrogen-bond donors (Lipinski definition) is 0. The molecule has 0 atom stereocenters. The molecule has 3 heteroatoms. The second kappa shape index (κ2) is 14.8. The van der Waals surface area contributed by atoms with E-state index in [1.807, 2.05) is 17.8 Å². The van der Waals surface area contributed by atoms with E-state index in [4.69, 9.17) is 9.97 Å². The second-order valence-electron chi connectivity index (χ2n) is 16.0. The van der Waals surface area contributed by atoms with Gasteiger partial charge in [0.15, 0.2) is 5.82 Å². The van der Waals surface area contributed by atoms with E-state index in [1.54, 1.807) is 0 Å². The third-order valence-corrected chi connectivity index (χ3v) is 13.9. The van der Waals surface area contributed by atoms with Crippen molar-refractivity contribution >= 4 is 22.9 Å². The normalized spacial score (nSPS) is 14.7. The van der Waals surface area contributed by atoms with Crippen LogP contribution in [0.5, 0.6) is 0 Å². The first kappa shape index (κ1) is 36.3. The summed E-state index contributed by atoms with van der Waals surface area (Å²) in [5, 5.41) is 0. The third kappa shape index (κ3) is 5.87. The van der Waals surface area contributed by atoms with Crippen molar-refractivity contribution < 1.29 is 0 Å². The van der Waals surface area contributed by atoms with Crippen LogP contribution < -0.4 is 0 Å². The summed E-state index contributed by atoms with van der Waals surface area (Å²) >= 11 is 1.86. The average Bonchev–Trinajstić information content (AvgIpc) is 3.49. The molecule has 1 spiro atoms. The molecule has 286 valence electrons. The fraction of sp³-hybridized carbons (Fsp3) is 0.0877. The molecule has 1 aliphatic heterocycles. The Bertz CT molecular complexity index is 3020. The van der Waals surface area contributed by atoms with Crippen LogP contribution in [0, 0.1) is 0 Å².